The van der Waals surface area contributed by atoms with E-state index in [0.717, 1.165) is 0 Å². The molecule has 0 bridgehead atoms. The van der Waals surface area contributed by atoms with Crippen LogP contribution in [0, 0.1) is 12.8 Å². The molecule has 1 amide bonds. The van der Waals surface area contributed by atoms with Gasteiger partial charge in [-0.15, -0.1) is 0 Å². The molecule has 1 rings (SSSR count). The summed E-state index contributed by atoms with van der Waals surface area (Å²) in [6.07, 6.45) is -1.03. The number of ether oxygens (including phenoxy) is 1. The lowest BCUT2D eigenvalue weighted by Gasteiger charge is -2.15. The van der Waals surface area contributed by atoms with E-state index in [0.29, 0.717) is 5.76 Å². The maximum atomic E-state index is 12.0. The third-order valence-corrected chi connectivity index (χ3v) is 5.02. The number of amides is 1. The van der Waals surface area contributed by atoms with Crippen LogP contribution in [0.25, 0.3) is 0 Å². The Morgan fingerprint density at radius 1 is 1.38 bits per heavy atom. The molecular weight excluding hydrogens is 336 g/mol. The molecule has 0 saturated heterocycles. The molecule has 1 atom stereocenters. The molecule has 0 spiro atoms. The summed E-state index contributed by atoms with van der Waals surface area (Å²) in [5.74, 6) is -0.776. The van der Waals surface area contributed by atoms with Crippen molar-refractivity contribution in [2.24, 2.45) is 5.92 Å². The summed E-state index contributed by atoms with van der Waals surface area (Å²) in [4.78, 5) is 23.9. The average molecular weight is 360 g/mol. The summed E-state index contributed by atoms with van der Waals surface area (Å²) in [5, 5.41) is 6.10. The van der Waals surface area contributed by atoms with Crippen molar-refractivity contribution < 1.29 is 27.3 Å². The molecule has 0 saturated carbocycles. The Kier molecular flexibility index (Phi) is 7.40. The van der Waals surface area contributed by atoms with Crippen molar-refractivity contribution >= 4 is 27.5 Å². The van der Waals surface area contributed by atoms with Gasteiger partial charge in [-0.2, -0.15) is 0 Å². The summed E-state index contributed by atoms with van der Waals surface area (Å²) in [7, 11) is -3.31. The van der Waals surface area contributed by atoms with Gasteiger partial charge in [0, 0.05) is 6.07 Å². The van der Waals surface area contributed by atoms with Crippen LogP contribution in [0.15, 0.2) is 10.6 Å². The lowest BCUT2D eigenvalue weighted by atomic mass is 10.2. The van der Waals surface area contributed by atoms with Gasteiger partial charge in [-0.25, -0.2) is 8.42 Å². The van der Waals surface area contributed by atoms with E-state index < -0.39 is 27.8 Å². The van der Waals surface area contributed by atoms with E-state index in [-0.39, 0.29) is 36.1 Å². The Labute approximate surface area is 141 Å². The molecular formula is C15H24N2O6S. The van der Waals surface area contributed by atoms with Crippen LogP contribution in [0.2, 0.25) is 0 Å². The first-order valence-corrected chi connectivity index (χ1v) is 9.59. The SMILES string of the molecule is CC[C@@H](OC(=O)CCS(=O)(=O)CC(C)C)C(=O)Nc1cc(C)on1. The van der Waals surface area contributed by atoms with Gasteiger partial charge in [0.15, 0.2) is 21.8 Å². The summed E-state index contributed by atoms with van der Waals surface area (Å²) < 4.78 is 33.4. The van der Waals surface area contributed by atoms with Gasteiger partial charge < -0.3 is 14.6 Å². The van der Waals surface area contributed by atoms with E-state index in [9.17, 15) is 18.0 Å². The molecule has 9 heteroatoms. The van der Waals surface area contributed by atoms with Gasteiger partial charge in [-0.05, 0) is 19.3 Å². The fourth-order valence-corrected chi connectivity index (χ4v) is 3.66. The number of sulfone groups is 1. The molecule has 0 aliphatic carbocycles. The van der Waals surface area contributed by atoms with Gasteiger partial charge in [0.05, 0.1) is 17.9 Å². The predicted molar refractivity (Wildman–Crippen MR) is 88.1 cm³/mol. The topological polar surface area (TPSA) is 116 Å². The second-order valence-corrected chi connectivity index (χ2v) is 8.19. The van der Waals surface area contributed by atoms with Crippen molar-refractivity contribution in [3.63, 3.8) is 0 Å². The molecule has 0 fully saturated rings. The van der Waals surface area contributed by atoms with Gasteiger partial charge in [-0.3, -0.25) is 9.59 Å². The second kappa shape index (κ2) is 8.81. The minimum Gasteiger partial charge on any atom is -0.452 e. The Morgan fingerprint density at radius 3 is 2.54 bits per heavy atom. The number of carbonyl (C=O) groups is 2. The van der Waals surface area contributed by atoms with Gasteiger partial charge in [0.1, 0.15) is 5.76 Å². The Balaban J connectivity index is 2.52. The number of esters is 1. The van der Waals surface area contributed by atoms with Crippen LogP contribution in [0.3, 0.4) is 0 Å². The molecule has 8 nitrogen and oxygen atoms in total. The number of aromatic nitrogens is 1. The highest BCUT2D eigenvalue weighted by atomic mass is 32.2. The Bertz CT molecular complexity index is 665. The Hall–Kier alpha value is -1.90. The highest BCUT2D eigenvalue weighted by Crippen LogP contribution is 2.10. The first kappa shape index (κ1) is 20.1. The van der Waals surface area contributed by atoms with E-state index >= 15 is 0 Å². The van der Waals surface area contributed by atoms with Gasteiger partial charge in [0.2, 0.25) is 0 Å². The molecule has 0 aromatic carbocycles. The van der Waals surface area contributed by atoms with Crippen molar-refractivity contribution in [1.82, 2.24) is 5.16 Å². The lowest BCUT2D eigenvalue weighted by molar-refractivity contribution is -0.154. The first-order valence-electron chi connectivity index (χ1n) is 7.77. The number of anilines is 1. The second-order valence-electron chi connectivity index (χ2n) is 5.96. The quantitative estimate of drug-likeness (QED) is 0.666. The predicted octanol–water partition coefficient (Wildman–Crippen LogP) is 1.70. The molecule has 0 aliphatic rings. The molecule has 1 N–H and O–H groups in total. The van der Waals surface area contributed by atoms with E-state index in [1.54, 1.807) is 27.7 Å². The molecule has 136 valence electrons. The van der Waals surface area contributed by atoms with E-state index in [1.165, 1.54) is 6.07 Å². The molecule has 0 aliphatic heterocycles. The number of rotatable bonds is 9. The fourth-order valence-electron chi connectivity index (χ4n) is 2.00. The average Bonchev–Trinajstić information content (AvgIpc) is 2.86. The summed E-state index contributed by atoms with van der Waals surface area (Å²) >= 11 is 0. The van der Waals surface area contributed by atoms with E-state index in [2.05, 4.69) is 10.5 Å². The number of hydrogen-bond donors (Lipinski definition) is 1. The van der Waals surface area contributed by atoms with Crippen molar-refractivity contribution in [3.05, 3.63) is 11.8 Å². The Morgan fingerprint density at radius 2 is 2.04 bits per heavy atom. The van der Waals surface area contributed by atoms with Crippen LogP contribution >= 0.6 is 0 Å². The fraction of sp³-hybridized carbons (Fsp3) is 0.667. The number of carbonyl (C=O) groups excluding carboxylic acids is 2. The van der Waals surface area contributed by atoms with Crippen molar-refractivity contribution in [2.75, 3.05) is 16.8 Å². The minimum atomic E-state index is -3.31. The maximum Gasteiger partial charge on any atom is 0.307 e. The number of aryl methyl sites for hydroxylation is 1. The van der Waals surface area contributed by atoms with Gasteiger partial charge >= 0.3 is 5.97 Å². The van der Waals surface area contributed by atoms with Crippen LogP contribution in [-0.2, 0) is 24.2 Å². The largest absolute Gasteiger partial charge is 0.452 e. The van der Waals surface area contributed by atoms with Gasteiger partial charge in [-0.1, -0.05) is 25.9 Å². The zero-order valence-corrected chi connectivity index (χ0v) is 15.2. The normalized spacial score (nSPS) is 12.9. The van der Waals surface area contributed by atoms with E-state index in [1.807, 2.05) is 0 Å². The maximum absolute atomic E-state index is 12.0. The van der Waals surface area contributed by atoms with Crippen LogP contribution in [-0.4, -0.2) is 43.1 Å². The van der Waals surface area contributed by atoms with Crippen LogP contribution in [0.5, 0.6) is 0 Å². The van der Waals surface area contributed by atoms with Gasteiger partial charge in [0.25, 0.3) is 5.91 Å². The summed E-state index contributed by atoms with van der Waals surface area (Å²) in [6.45, 7) is 6.94. The monoisotopic (exact) mass is 360 g/mol. The lowest BCUT2D eigenvalue weighted by Crippen LogP contribution is -2.32. The number of nitrogens with zero attached hydrogens (tertiary/aromatic N) is 1. The summed E-state index contributed by atoms with van der Waals surface area (Å²) in [5.41, 5.74) is 0. The smallest absolute Gasteiger partial charge is 0.307 e. The molecule has 1 heterocycles. The highest BCUT2D eigenvalue weighted by Gasteiger charge is 2.23. The van der Waals surface area contributed by atoms with E-state index in [4.69, 9.17) is 9.26 Å². The van der Waals surface area contributed by atoms with Crippen molar-refractivity contribution in [3.8, 4) is 0 Å². The third-order valence-electron chi connectivity index (χ3n) is 3.02. The molecule has 0 radical (unpaired) electrons. The molecule has 1 aromatic rings. The minimum absolute atomic E-state index is 0.00824. The molecule has 0 unspecified atom stereocenters. The third kappa shape index (κ3) is 7.12. The molecule has 24 heavy (non-hydrogen) atoms. The van der Waals surface area contributed by atoms with Crippen molar-refractivity contribution in [2.45, 2.75) is 46.6 Å². The number of nitrogens with one attached hydrogen (secondary N) is 1. The molecule has 1 aromatic heterocycles. The number of hydrogen-bond acceptors (Lipinski definition) is 7. The zero-order valence-electron chi connectivity index (χ0n) is 14.4. The standard InChI is InChI=1S/C15H24N2O6S/c1-5-12(15(19)16-13-8-11(4)23-17-13)22-14(18)6-7-24(20,21)9-10(2)3/h8,10,12H,5-7,9H2,1-4H3,(H,16,17,19)/t12-/m1/s1. The first-order chi connectivity index (χ1) is 11.1. The summed E-state index contributed by atoms with van der Waals surface area (Å²) in [6, 6.07) is 1.53. The van der Waals surface area contributed by atoms with Crippen LogP contribution in [0.1, 0.15) is 39.4 Å². The van der Waals surface area contributed by atoms with Crippen LogP contribution < -0.4 is 5.32 Å². The zero-order chi connectivity index (χ0) is 18.3. The highest BCUT2D eigenvalue weighted by molar-refractivity contribution is 7.91. The van der Waals surface area contributed by atoms with Crippen LogP contribution in [0.4, 0.5) is 5.82 Å². The van der Waals surface area contributed by atoms with Crippen molar-refractivity contribution in [1.29, 1.82) is 0 Å².